The number of para-hydroxylation sites is 1. The summed E-state index contributed by atoms with van der Waals surface area (Å²) in [5.41, 5.74) is 3.77. The molecule has 0 bridgehead atoms. The van der Waals surface area contributed by atoms with Crippen LogP contribution in [0.2, 0.25) is 0 Å². The van der Waals surface area contributed by atoms with Crippen molar-refractivity contribution in [1.29, 1.82) is 0 Å². The molecule has 2 aromatic carbocycles. The van der Waals surface area contributed by atoms with Crippen LogP contribution in [0.15, 0.2) is 48.5 Å². The van der Waals surface area contributed by atoms with Crippen LogP contribution >= 0.6 is 22.9 Å². The van der Waals surface area contributed by atoms with Crippen LogP contribution in [-0.2, 0) is 0 Å². The number of halogens is 1. The summed E-state index contributed by atoms with van der Waals surface area (Å²) < 4.78 is 4.59. The molecule has 0 fully saturated rings. The maximum absolute atomic E-state index is 3.20. The Balaban J connectivity index is 2.59. The molecule has 0 heterocycles. The zero-order valence-corrected chi connectivity index (χ0v) is 13.2. The molecular weight excluding hydrogens is 494 g/mol. The third-order valence-corrected chi connectivity index (χ3v) is 4.17. The van der Waals surface area contributed by atoms with E-state index in [0.29, 0.717) is 0 Å². The van der Waals surface area contributed by atoms with E-state index in [0.717, 1.165) is 0 Å². The first kappa shape index (κ1) is 11.4. The summed E-state index contributed by atoms with van der Waals surface area (Å²) in [4.78, 5) is 0. The molecule has 1 N–H and O–H groups in total. The molecule has 1 radical (unpaired) electrons. The average molecular weight is 503 g/mol. The van der Waals surface area contributed by atoms with Gasteiger partial charge < -0.3 is 0 Å². The summed E-state index contributed by atoms with van der Waals surface area (Å²) in [6.45, 7) is 0. The standard InChI is InChI=1S/C12H9IN.Po/c13-14-12-9-5-4-8-11(12)10-6-2-1-3-7-10;/h1-6,8-9,14H;. The quantitative estimate of drug-likeness (QED) is 0.492. The zero-order chi connectivity index (χ0) is 10.7. The molecule has 0 aliphatic heterocycles. The number of rotatable bonds is 2. The van der Waals surface area contributed by atoms with Gasteiger partial charge in [0.15, 0.2) is 0 Å². The first-order chi connectivity index (χ1) is 7.33. The molecule has 0 spiro atoms. The van der Waals surface area contributed by atoms with E-state index in [1.54, 1.807) is 0 Å². The Kier molecular flexibility index (Phi) is 3.99. The monoisotopic (exact) mass is 503 g/mol. The molecule has 0 aromatic heterocycles. The van der Waals surface area contributed by atoms with Crippen molar-refractivity contribution in [3.05, 3.63) is 48.5 Å². The van der Waals surface area contributed by atoms with Gasteiger partial charge in [-0.15, -0.1) is 0 Å². The number of hydrogen-bond acceptors (Lipinski definition) is 1. The van der Waals surface area contributed by atoms with Crippen molar-refractivity contribution < 1.29 is 0 Å². The average Bonchev–Trinajstić information content (AvgIpc) is 2.30. The van der Waals surface area contributed by atoms with Gasteiger partial charge in [0.2, 0.25) is 0 Å². The van der Waals surface area contributed by atoms with Crippen molar-refractivity contribution in [2.24, 2.45) is 0 Å². The van der Waals surface area contributed by atoms with E-state index >= 15 is 0 Å². The third-order valence-electron chi connectivity index (χ3n) is 2.21. The van der Waals surface area contributed by atoms with Crippen LogP contribution in [0.5, 0.6) is 0 Å². The molecule has 0 saturated carbocycles. The van der Waals surface area contributed by atoms with Crippen LogP contribution in [-0.4, -0.2) is 25.1 Å². The predicted octanol–water partition coefficient (Wildman–Crippen LogP) is 2.91. The van der Waals surface area contributed by atoms with Crippen LogP contribution < -0.4 is 6.75 Å². The van der Waals surface area contributed by atoms with Crippen molar-refractivity contribution in [2.75, 3.05) is 3.53 Å². The summed E-state index contributed by atoms with van der Waals surface area (Å²) in [6, 6.07) is 16.9. The van der Waals surface area contributed by atoms with Crippen LogP contribution in [0, 0.1) is 0 Å². The minimum atomic E-state index is 1.17. The van der Waals surface area contributed by atoms with Gasteiger partial charge in [0, 0.05) is 0 Å². The van der Waals surface area contributed by atoms with Gasteiger partial charge in [-0.25, -0.2) is 0 Å². The number of nitrogens with one attached hydrogen (secondary N) is 1. The van der Waals surface area contributed by atoms with Gasteiger partial charge in [-0.05, 0) is 0 Å². The number of anilines is 1. The fourth-order valence-electron chi connectivity index (χ4n) is 1.49. The van der Waals surface area contributed by atoms with E-state index in [2.05, 4.69) is 74.9 Å². The second kappa shape index (κ2) is 5.27. The second-order valence-corrected chi connectivity index (χ2v) is 5.39. The Morgan fingerprint density at radius 1 is 0.867 bits per heavy atom. The number of hydrogen-bond donors (Lipinski definition) is 1. The molecule has 1 nitrogen and oxygen atoms in total. The predicted molar refractivity (Wildman–Crippen MR) is 74.9 cm³/mol. The second-order valence-electron chi connectivity index (χ2n) is 3.14. The van der Waals surface area contributed by atoms with Gasteiger partial charge in [0.25, 0.3) is 0 Å². The van der Waals surface area contributed by atoms with Gasteiger partial charge in [-0.2, -0.15) is 0 Å². The molecule has 0 unspecified atom stereocenters. The molecule has 2 aromatic rings. The Bertz CT molecular complexity index is 471. The van der Waals surface area contributed by atoms with E-state index < -0.39 is 0 Å². The number of benzene rings is 2. The molecule has 15 heavy (non-hydrogen) atoms. The topological polar surface area (TPSA) is 12.0 Å². The van der Waals surface area contributed by atoms with Crippen LogP contribution in [0.4, 0.5) is 5.69 Å². The Hall–Kier alpha value is -0.134. The first-order valence-electron chi connectivity index (χ1n) is 4.55. The van der Waals surface area contributed by atoms with Crippen molar-refractivity contribution >= 4 is 56.8 Å². The molecular formula is C12H9INPo. The Morgan fingerprint density at radius 3 is 2.13 bits per heavy atom. The summed E-state index contributed by atoms with van der Waals surface area (Å²) in [5.74, 6) is 0. The molecule has 75 valence electrons. The van der Waals surface area contributed by atoms with E-state index in [1.807, 2.05) is 0 Å². The van der Waals surface area contributed by atoms with E-state index in [9.17, 15) is 0 Å². The van der Waals surface area contributed by atoms with Gasteiger partial charge in [0.1, 0.15) is 0 Å². The van der Waals surface area contributed by atoms with Gasteiger partial charge in [-0.1, -0.05) is 0 Å². The molecule has 0 amide bonds. The van der Waals surface area contributed by atoms with Crippen molar-refractivity contribution in [1.82, 2.24) is 0 Å². The van der Waals surface area contributed by atoms with E-state index in [1.165, 1.54) is 45.1 Å². The van der Waals surface area contributed by atoms with Crippen LogP contribution in [0.3, 0.4) is 0 Å². The van der Waals surface area contributed by atoms with E-state index in [-0.39, 0.29) is 0 Å². The summed E-state index contributed by atoms with van der Waals surface area (Å²) >= 11 is 3.68. The first-order valence-corrected chi connectivity index (χ1v) is 7.21. The van der Waals surface area contributed by atoms with Gasteiger partial charge in [0.05, 0.1) is 0 Å². The zero-order valence-electron chi connectivity index (χ0n) is 7.91. The van der Waals surface area contributed by atoms with E-state index in [4.69, 9.17) is 0 Å². The van der Waals surface area contributed by atoms with Gasteiger partial charge in [-0.3, -0.25) is 0 Å². The Labute approximate surface area is 119 Å². The Morgan fingerprint density at radius 2 is 1.47 bits per heavy atom. The fraction of sp³-hybridized carbons (Fsp3) is 0. The molecule has 2 rings (SSSR count). The maximum atomic E-state index is 3.20. The summed E-state index contributed by atoms with van der Waals surface area (Å²) in [7, 11) is 0. The fourth-order valence-corrected chi connectivity index (χ4v) is 2.96. The minimum absolute atomic E-state index is 1.17. The van der Waals surface area contributed by atoms with Gasteiger partial charge >= 0.3 is 120 Å². The third kappa shape index (κ3) is 2.51. The summed E-state index contributed by atoms with van der Waals surface area (Å²) in [5, 5.41) is 0. The summed E-state index contributed by atoms with van der Waals surface area (Å²) in [6.07, 6.45) is 0. The molecule has 0 atom stereocenters. The molecule has 0 aliphatic rings. The normalized spacial score (nSPS) is 9.93. The molecule has 3 heteroatoms. The van der Waals surface area contributed by atoms with Crippen LogP contribution in [0.1, 0.15) is 0 Å². The van der Waals surface area contributed by atoms with Crippen molar-refractivity contribution in [3.8, 4) is 11.1 Å². The van der Waals surface area contributed by atoms with Crippen molar-refractivity contribution in [2.45, 2.75) is 0 Å². The molecule has 0 saturated heterocycles. The van der Waals surface area contributed by atoms with Crippen LogP contribution in [0.25, 0.3) is 11.1 Å². The SMILES string of the molecule is INc1ccccc1-c1cccc[c]1[Po]. The molecule has 0 aliphatic carbocycles. The van der Waals surface area contributed by atoms with Crippen molar-refractivity contribution in [3.63, 3.8) is 0 Å².